The van der Waals surface area contributed by atoms with Crippen molar-refractivity contribution in [3.8, 4) is 0 Å². The highest BCUT2D eigenvalue weighted by Crippen LogP contribution is 2.20. The van der Waals surface area contributed by atoms with Crippen LogP contribution in [0.2, 0.25) is 0 Å². The number of hydrogen-bond donors (Lipinski definition) is 3. The quantitative estimate of drug-likeness (QED) is 0.0320. The van der Waals surface area contributed by atoms with Crippen molar-refractivity contribution >= 4 is 11.9 Å². The van der Waals surface area contributed by atoms with Crippen LogP contribution >= 0.6 is 0 Å². The van der Waals surface area contributed by atoms with E-state index in [2.05, 4.69) is 43.5 Å². The van der Waals surface area contributed by atoms with Crippen LogP contribution in [0, 0.1) is 0 Å². The van der Waals surface area contributed by atoms with Crippen LogP contribution in [0.1, 0.15) is 450 Å². The van der Waals surface area contributed by atoms with E-state index in [1.807, 2.05) is 6.08 Å². The molecule has 0 aromatic carbocycles. The lowest BCUT2D eigenvalue weighted by Crippen LogP contribution is -2.45. The third-order valence-electron chi connectivity index (χ3n) is 18.9. The summed E-state index contributed by atoms with van der Waals surface area (Å²) in [4.78, 5) is 24.7. The van der Waals surface area contributed by atoms with Crippen LogP contribution in [-0.4, -0.2) is 47.4 Å². The maximum atomic E-state index is 12.5. The maximum absolute atomic E-state index is 12.5. The smallest absolute Gasteiger partial charge is 0.305 e. The standard InChI is InChI=1S/C82H157NO5/c1-3-5-7-9-11-13-15-17-19-21-23-36-39-42-46-50-54-58-62-66-70-74-80(85)79(78-84)83-81(86)75-71-67-63-59-55-51-47-43-40-37-34-32-30-28-26-24-25-27-29-31-33-35-38-41-45-49-53-57-61-65-69-73-77-88-82(87)76-72-68-64-60-56-52-48-44-22-20-18-16-14-12-10-8-6-4-2/h20,22,27,29,70,74,79-80,84-85H,3-19,21,23-26,28,30-69,71-73,75-78H2,1-2H3,(H,83,86)/b22-20-,29-27-,74-70+. The molecule has 88 heavy (non-hydrogen) atoms. The highest BCUT2D eigenvalue weighted by molar-refractivity contribution is 5.76. The summed E-state index contributed by atoms with van der Waals surface area (Å²) in [5, 5.41) is 23.3. The number of nitrogens with one attached hydrogen (secondary N) is 1. The van der Waals surface area contributed by atoms with Crippen molar-refractivity contribution in [2.45, 2.75) is 463 Å². The van der Waals surface area contributed by atoms with Crippen LogP contribution < -0.4 is 5.32 Å². The number of aliphatic hydroxyl groups is 2. The Bertz CT molecular complexity index is 1430. The van der Waals surface area contributed by atoms with Crippen LogP contribution in [0.15, 0.2) is 36.5 Å². The molecule has 0 bridgehead atoms. The maximum Gasteiger partial charge on any atom is 0.305 e. The molecule has 0 spiro atoms. The monoisotopic (exact) mass is 1240 g/mol. The van der Waals surface area contributed by atoms with Crippen molar-refractivity contribution < 1.29 is 24.5 Å². The zero-order valence-electron chi connectivity index (χ0n) is 59.7. The van der Waals surface area contributed by atoms with Gasteiger partial charge in [0.25, 0.3) is 0 Å². The fourth-order valence-corrected chi connectivity index (χ4v) is 12.7. The van der Waals surface area contributed by atoms with E-state index in [1.54, 1.807) is 6.08 Å². The minimum Gasteiger partial charge on any atom is -0.466 e. The summed E-state index contributed by atoms with van der Waals surface area (Å²) in [6.45, 7) is 4.95. The van der Waals surface area contributed by atoms with E-state index in [-0.39, 0.29) is 18.5 Å². The summed E-state index contributed by atoms with van der Waals surface area (Å²) in [5.74, 6) is -0.0450. The van der Waals surface area contributed by atoms with Gasteiger partial charge in [-0.2, -0.15) is 0 Å². The molecule has 520 valence electrons. The SMILES string of the molecule is CCCCCCCCC/C=C\CCCCCCCCCC(=O)OCCCCCCCCCCCCCC/C=C\CCCCCCCCCCCCCCCCCCC(=O)NC(CO)C(O)/C=C/CCCCCCCCCCCCCCCCCCCCC. The average Bonchev–Trinajstić information content (AvgIpc) is 3.55. The van der Waals surface area contributed by atoms with Gasteiger partial charge in [-0.25, -0.2) is 0 Å². The number of ether oxygens (including phenoxy) is 1. The molecule has 2 unspecified atom stereocenters. The molecule has 0 aliphatic carbocycles. The molecule has 0 aromatic rings. The van der Waals surface area contributed by atoms with Crippen molar-refractivity contribution in [3.63, 3.8) is 0 Å². The molecule has 2 atom stereocenters. The van der Waals surface area contributed by atoms with E-state index >= 15 is 0 Å². The van der Waals surface area contributed by atoms with Gasteiger partial charge < -0.3 is 20.3 Å². The van der Waals surface area contributed by atoms with Crippen LogP contribution in [-0.2, 0) is 14.3 Å². The number of hydrogen-bond acceptors (Lipinski definition) is 5. The van der Waals surface area contributed by atoms with Gasteiger partial charge in [-0.1, -0.05) is 391 Å². The lowest BCUT2D eigenvalue weighted by Gasteiger charge is -2.20. The summed E-state index contributed by atoms with van der Waals surface area (Å²) < 4.78 is 5.51. The fraction of sp³-hybridized carbons (Fsp3) is 0.902. The molecule has 0 aromatic heterocycles. The van der Waals surface area contributed by atoms with Crippen molar-refractivity contribution in [1.82, 2.24) is 5.32 Å². The summed E-state index contributed by atoms with van der Waals surface area (Å²) in [5.41, 5.74) is 0. The Kier molecular flexibility index (Phi) is 75.8. The van der Waals surface area contributed by atoms with E-state index in [1.165, 1.54) is 379 Å². The second-order valence-corrected chi connectivity index (χ2v) is 27.7. The first-order valence-electron chi connectivity index (χ1n) is 40.3. The van der Waals surface area contributed by atoms with Gasteiger partial charge in [0.15, 0.2) is 0 Å². The Labute approximate surface area is 551 Å². The molecule has 1 amide bonds. The van der Waals surface area contributed by atoms with Crippen LogP contribution in [0.4, 0.5) is 0 Å². The molecule has 0 saturated carbocycles. The topological polar surface area (TPSA) is 95.9 Å². The Morgan fingerprint density at radius 3 is 0.807 bits per heavy atom. The lowest BCUT2D eigenvalue weighted by molar-refractivity contribution is -0.143. The fourth-order valence-electron chi connectivity index (χ4n) is 12.7. The van der Waals surface area contributed by atoms with Crippen LogP contribution in [0.5, 0.6) is 0 Å². The number of aliphatic hydroxyl groups excluding tert-OH is 2. The van der Waals surface area contributed by atoms with Gasteiger partial charge >= 0.3 is 5.97 Å². The molecule has 6 nitrogen and oxygen atoms in total. The molecular weight excluding hydrogens is 1080 g/mol. The second-order valence-electron chi connectivity index (χ2n) is 27.7. The Morgan fingerprint density at radius 1 is 0.307 bits per heavy atom. The molecule has 0 aliphatic heterocycles. The molecule has 3 N–H and O–H groups in total. The summed E-state index contributed by atoms with van der Waals surface area (Å²) >= 11 is 0. The predicted octanol–water partition coefficient (Wildman–Crippen LogP) is 26.6. The van der Waals surface area contributed by atoms with E-state index in [0.29, 0.717) is 19.4 Å². The summed E-state index contributed by atoms with van der Waals surface area (Å²) in [6, 6.07) is -0.627. The zero-order chi connectivity index (χ0) is 63.5. The molecule has 0 rings (SSSR count). The lowest BCUT2D eigenvalue weighted by atomic mass is 10.0. The van der Waals surface area contributed by atoms with Gasteiger partial charge in [0.2, 0.25) is 5.91 Å². The minimum atomic E-state index is -0.844. The van der Waals surface area contributed by atoms with Gasteiger partial charge in [-0.15, -0.1) is 0 Å². The molecule has 0 radical (unpaired) electrons. The molecule has 0 heterocycles. The van der Waals surface area contributed by atoms with Gasteiger partial charge in [0.1, 0.15) is 0 Å². The molecule has 0 aliphatic rings. The van der Waals surface area contributed by atoms with Gasteiger partial charge in [-0.05, 0) is 83.5 Å². The molecular formula is C82H157NO5. The first kappa shape index (κ1) is 86.1. The third kappa shape index (κ3) is 73.1. The third-order valence-corrected chi connectivity index (χ3v) is 18.9. The number of rotatable bonds is 76. The molecule has 0 fully saturated rings. The average molecular weight is 1240 g/mol. The Morgan fingerprint density at radius 2 is 0.534 bits per heavy atom. The normalized spacial score (nSPS) is 12.6. The number of carbonyl (C=O) groups is 2. The molecule has 0 saturated heterocycles. The second kappa shape index (κ2) is 77.5. The summed E-state index contributed by atoms with van der Waals surface area (Å²) in [6.07, 6.45) is 101. The number of allylic oxidation sites excluding steroid dienone is 5. The first-order valence-corrected chi connectivity index (χ1v) is 40.3. The predicted molar refractivity (Wildman–Crippen MR) is 389 cm³/mol. The minimum absolute atomic E-state index is 0.0159. The zero-order valence-corrected chi connectivity index (χ0v) is 59.7. The van der Waals surface area contributed by atoms with Crippen molar-refractivity contribution in [3.05, 3.63) is 36.5 Å². The highest BCUT2D eigenvalue weighted by Gasteiger charge is 2.18. The van der Waals surface area contributed by atoms with E-state index in [0.717, 1.165) is 44.9 Å². The van der Waals surface area contributed by atoms with Crippen LogP contribution in [0.3, 0.4) is 0 Å². The van der Waals surface area contributed by atoms with Gasteiger partial charge in [-0.3, -0.25) is 9.59 Å². The summed E-state index contributed by atoms with van der Waals surface area (Å²) in [7, 11) is 0. The Hall–Kier alpha value is -1.92. The van der Waals surface area contributed by atoms with E-state index < -0.39 is 12.1 Å². The van der Waals surface area contributed by atoms with Crippen molar-refractivity contribution in [2.75, 3.05) is 13.2 Å². The largest absolute Gasteiger partial charge is 0.466 e. The first-order chi connectivity index (χ1) is 43.5. The number of esters is 1. The van der Waals surface area contributed by atoms with Gasteiger partial charge in [0.05, 0.1) is 25.4 Å². The number of carbonyl (C=O) groups excluding carboxylic acids is 2. The highest BCUT2D eigenvalue weighted by atomic mass is 16.5. The van der Waals surface area contributed by atoms with E-state index in [9.17, 15) is 19.8 Å². The molecule has 6 heteroatoms. The number of amides is 1. The van der Waals surface area contributed by atoms with E-state index in [4.69, 9.17) is 4.74 Å². The number of unbranched alkanes of at least 4 members (excludes halogenated alkanes) is 61. The Balaban J connectivity index is 3.37. The van der Waals surface area contributed by atoms with Crippen molar-refractivity contribution in [2.24, 2.45) is 0 Å². The van der Waals surface area contributed by atoms with Crippen molar-refractivity contribution in [1.29, 1.82) is 0 Å². The van der Waals surface area contributed by atoms with Gasteiger partial charge in [0, 0.05) is 12.8 Å². The van der Waals surface area contributed by atoms with Crippen LogP contribution in [0.25, 0.3) is 0 Å².